The lowest BCUT2D eigenvalue weighted by atomic mass is 10.2. The van der Waals surface area contributed by atoms with E-state index in [9.17, 15) is 4.79 Å². The molecule has 17 heavy (non-hydrogen) atoms. The van der Waals surface area contributed by atoms with Gasteiger partial charge in [0.25, 0.3) is 5.91 Å². The van der Waals surface area contributed by atoms with Gasteiger partial charge in [0, 0.05) is 0 Å². The van der Waals surface area contributed by atoms with Crippen molar-refractivity contribution in [3.63, 3.8) is 0 Å². The first-order valence-electron chi connectivity index (χ1n) is 5.47. The Balaban J connectivity index is 2.39. The third kappa shape index (κ3) is 2.42. The molecule has 2 heterocycles. The molecule has 1 fully saturated rings. The van der Waals surface area contributed by atoms with E-state index in [1.165, 1.54) is 16.8 Å². The number of carbonyl (C=O) groups excluding carboxylic acids is 1. The fraction of sp³-hybridized carbons (Fsp3) is 0.545. The van der Waals surface area contributed by atoms with E-state index in [0.29, 0.717) is 30.2 Å². The predicted octanol–water partition coefficient (Wildman–Crippen LogP) is 1.59. The molecule has 0 radical (unpaired) electrons. The normalized spacial score (nSPS) is 15.4. The summed E-state index contributed by atoms with van der Waals surface area (Å²) in [4.78, 5) is 26.1. The maximum Gasteiger partial charge on any atom is 0.282 e. The first-order valence-corrected chi connectivity index (χ1v) is 6.70. The lowest BCUT2D eigenvalue weighted by Gasteiger charge is -2.16. The van der Waals surface area contributed by atoms with Crippen molar-refractivity contribution in [2.24, 2.45) is 0 Å². The number of carbonyl (C=O) groups is 1. The van der Waals surface area contributed by atoms with Crippen LogP contribution in [0.5, 0.6) is 0 Å². The molecule has 1 aliphatic heterocycles. The topological polar surface area (TPSA) is 55.3 Å². The maximum atomic E-state index is 12.3. The van der Waals surface area contributed by atoms with Crippen molar-refractivity contribution in [2.45, 2.75) is 25.3 Å². The van der Waals surface area contributed by atoms with E-state index in [2.05, 4.69) is 9.97 Å². The molecular formula is C11H15N3O2S. The van der Waals surface area contributed by atoms with Crippen LogP contribution in [0.1, 0.15) is 28.3 Å². The van der Waals surface area contributed by atoms with Crippen LogP contribution in [0.15, 0.2) is 5.03 Å². The molecular weight excluding hydrogens is 238 g/mol. The summed E-state index contributed by atoms with van der Waals surface area (Å²) in [5.74, 6) is 0.551. The highest BCUT2D eigenvalue weighted by Gasteiger charge is 2.26. The molecule has 5 nitrogen and oxygen atoms in total. The molecule has 1 aliphatic rings. The molecule has 0 bridgehead atoms. The molecule has 0 unspecified atom stereocenters. The zero-order chi connectivity index (χ0) is 12.4. The SMILES string of the molecule is CSc1nc(C)nc(C)c1C(=O)N1CCCO1. The van der Waals surface area contributed by atoms with Gasteiger partial charge in [-0.1, -0.05) is 0 Å². The minimum absolute atomic E-state index is 0.135. The van der Waals surface area contributed by atoms with Gasteiger partial charge < -0.3 is 0 Å². The number of aryl methyl sites for hydroxylation is 2. The molecule has 92 valence electrons. The Hall–Kier alpha value is -1.14. The third-order valence-corrected chi connectivity index (χ3v) is 3.24. The summed E-state index contributed by atoms with van der Waals surface area (Å²) in [6.45, 7) is 4.90. The van der Waals surface area contributed by atoms with Gasteiger partial charge in [0.1, 0.15) is 10.9 Å². The number of hydrogen-bond donors (Lipinski definition) is 0. The van der Waals surface area contributed by atoms with Gasteiger partial charge in [-0.25, -0.2) is 15.0 Å². The third-order valence-electron chi connectivity index (χ3n) is 2.55. The first-order chi connectivity index (χ1) is 8.13. The molecule has 0 spiro atoms. The van der Waals surface area contributed by atoms with Crippen LogP contribution in [0.4, 0.5) is 0 Å². The van der Waals surface area contributed by atoms with Crippen molar-refractivity contribution < 1.29 is 9.63 Å². The minimum atomic E-state index is -0.135. The van der Waals surface area contributed by atoms with Crippen molar-refractivity contribution in [3.05, 3.63) is 17.1 Å². The van der Waals surface area contributed by atoms with Crippen molar-refractivity contribution in [3.8, 4) is 0 Å². The van der Waals surface area contributed by atoms with Crippen LogP contribution in [0, 0.1) is 13.8 Å². The smallest absolute Gasteiger partial charge is 0.271 e. The van der Waals surface area contributed by atoms with Gasteiger partial charge >= 0.3 is 0 Å². The highest BCUT2D eigenvalue weighted by atomic mass is 32.2. The minimum Gasteiger partial charge on any atom is -0.271 e. The molecule has 1 amide bonds. The zero-order valence-corrected chi connectivity index (χ0v) is 11.0. The lowest BCUT2D eigenvalue weighted by molar-refractivity contribution is -0.0771. The van der Waals surface area contributed by atoms with Gasteiger partial charge in [-0.3, -0.25) is 9.63 Å². The van der Waals surface area contributed by atoms with Gasteiger partial charge in [-0.15, -0.1) is 11.8 Å². The summed E-state index contributed by atoms with van der Waals surface area (Å²) in [7, 11) is 0. The van der Waals surface area contributed by atoms with Crippen LogP contribution in [0.2, 0.25) is 0 Å². The van der Waals surface area contributed by atoms with Gasteiger partial charge in [0.05, 0.1) is 24.4 Å². The van der Waals surface area contributed by atoms with E-state index in [4.69, 9.17) is 4.84 Å². The fourth-order valence-corrected chi connectivity index (χ4v) is 2.47. The van der Waals surface area contributed by atoms with Crippen LogP contribution < -0.4 is 0 Å². The summed E-state index contributed by atoms with van der Waals surface area (Å²) in [5, 5.41) is 2.12. The van der Waals surface area contributed by atoms with Crippen LogP contribution in [0.3, 0.4) is 0 Å². The Bertz CT molecular complexity index is 445. The van der Waals surface area contributed by atoms with E-state index in [1.807, 2.05) is 20.1 Å². The van der Waals surface area contributed by atoms with Crippen LogP contribution in [0.25, 0.3) is 0 Å². The van der Waals surface area contributed by atoms with Gasteiger partial charge in [-0.2, -0.15) is 0 Å². The molecule has 6 heteroatoms. The average Bonchev–Trinajstić information content (AvgIpc) is 2.80. The van der Waals surface area contributed by atoms with Crippen LogP contribution in [-0.2, 0) is 4.84 Å². The lowest BCUT2D eigenvalue weighted by Crippen LogP contribution is -2.28. The number of hydrogen-bond acceptors (Lipinski definition) is 5. The van der Waals surface area contributed by atoms with Crippen molar-refractivity contribution in [2.75, 3.05) is 19.4 Å². The van der Waals surface area contributed by atoms with Gasteiger partial charge in [-0.05, 0) is 26.5 Å². The second-order valence-electron chi connectivity index (χ2n) is 3.83. The van der Waals surface area contributed by atoms with Crippen LogP contribution >= 0.6 is 11.8 Å². The van der Waals surface area contributed by atoms with E-state index in [1.54, 1.807) is 0 Å². The Morgan fingerprint density at radius 3 is 2.76 bits per heavy atom. The summed E-state index contributed by atoms with van der Waals surface area (Å²) in [5.41, 5.74) is 1.27. The number of hydroxylamine groups is 2. The number of nitrogens with zero attached hydrogens (tertiary/aromatic N) is 3. The zero-order valence-electron chi connectivity index (χ0n) is 10.2. The van der Waals surface area contributed by atoms with Crippen molar-refractivity contribution in [1.82, 2.24) is 15.0 Å². The second kappa shape index (κ2) is 5.01. The van der Waals surface area contributed by atoms with Crippen molar-refractivity contribution in [1.29, 1.82) is 0 Å². The highest BCUT2D eigenvalue weighted by Crippen LogP contribution is 2.23. The molecule has 1 aromatic rings. The largest absolute Gasteiger partial charge is 0.282 e. The standard InChI is InChI=1S/C11H15N3O2S/c1-7-9(10(17-3)13-8(2)12-7)11(15)14-5-4-6-16-14/h4-6H2,1-3H3. The van der Waals surface area contributed by atoms with Crippen LogP contribution in [-0.4, -0.2) is 40.3 Å². The maximum absolute atomic E-state index is 12.3. The molecule has 2 rings (SSSR count). The number of amides is 1. The molecule has 1 saturated heterocycles. The molecule has 1 aromatic heterocycles. The number of thioether (sulfide) groups is 1. The Labute approximate surface area is 105 Å². The Kier molecular flexibility index (Phi) is 3.63. The Morgan fingerprint density at radius 2 is 2.18 bits per heavy atom. The summed E-state index contributed by atoms with van der Waals surface area (Å²) in [6.07, 6.45) is 2.79. The Morgan fingerprint density at radius 1 is 1.41 bits per heavy atom. The van der Waals surface area contributed by atoms with Gasteiger partial charge in [0.15, 0.2) is 0 Å². The first kappa shape index (κ1) is 12.3. The van der Waals surface area contributed by atoms with E-state index < -0.39 is 0 Å². The molecule has 0 aliphatic carbocycles. The fourth-order valence-electron chi connectivity index (χ4n) is 1.81. The predicted molar refractivity (Wildman–Crippen MR) is 64.9 cm³/mol. The molecule has 0 atom stereocenters. The molecule has 0 aromatic carbocycles. The van der Waals surface area contributed by atoms with Gasteiger partial charge in [0.2, 0.25) is 0 Å². The second-order valence-corrected chi connectivity index (χ2v) is 4.63. The molecule has 0 N–H and O–H groups in total. The molecule has 0 saturated carbocycles. The highest BCUT2D eigenvalue weighted by molar-refractivity contribution is 7.98. The summed E-state index contributed by atoms with van der Waals surface area (Å²) >= 11 is 1.46. The summed E-state index contributed by atoms with van der Waals surface area (Å²) < 4.78 is 0. The average molecular weight is 253 g/mol. The van der Waals surface area contributed by atoms with E-state index in [-0.39, 0.29) is 5.91 Å². The monoisotopic (exact) mass is 253 g/mol. The van der Waals surface area contributed by atoms with E-state index in [0.717, 1.165) is 11.4 Å². The quantitative estimate of drug-likeness (QED) is 0.592. The van der Waals surface area contributed by atoms with E-state index >= 15 is 0 Å². The summed E-state index contributed by atoms with van der Waals surface area (Å²) in [6, 6.07) is 0. The number of rotatable bonds is 2. The number of aromatic nitrogens is 2. The van der Waals surface area contributed by atoms with Crippen molar-refractivity contribution >= 4 is 17.7 Å².